The number of carbonyl (C=O) groups is 1. The van der Waals surface area contributed by atoms with E-state index in [1.165, 1.54) is 7.11 Å². The lowest BCUT2D eigenvalue weighted by atomic mass is 9.99. The smallest absolute Gasteiger partial charge is 0.337 e. The molecule has 104 valence electrons. The fourth-order valence-electron chi connectivity index (χ4n) is 2.36. The Balaban J connectivity index is 2.09. The van der Waals surface area contributed by atoms with Crippen molar-refractivity contribution in [1.82, 2.24) is 0 Å². The van der Waals surface area contributed by atoms with E-state index in [-0.39, 0.29) is 11.7 Å². The summed E-state index contributed by atoms with van der Waals surface area (Å²) in [6.45, 7) is 0. The van der Waals surface area contributed by atoms with E-state index in [0.717, 1.165) is 21.9 Å². The van der Waals surface area contributed by atoms with Crippen LogP contribution in [0.3, 0.4) is 0 Å². The van der Waals surface area contributed by atoms with Crippen LogP contribution in [0.4, 0.5) is 0 Å². The third kappa shape index (κ3) is 2.58. The van der Waals surface area contributed by atoms with E-state index in [9.17, 15) is 9.90 Å². The summed E-state index contributed by atoms with van der Waals surface area (Å²) in [6.07, 6.45) is 0. The molecule has 0 amide bonds. The van der Waals surface area contributed by atoms with Gasteiger partial charge in [0.25, 0.3) is 0 Å². The molecule has 0 saturated heterocycles. The van der Waals surface area contributed by atoms with Crippen molar-refractivity contribution in [3.63, 3.8) is 0 Å². The van der Waals surface area contributed by atoms with Crippen molar-refractivity contribution in [2.75, 3.05) is 7.11 Å². The molecule has 21 heavy (non-hydrogen) atoms. The van der Waals surface area contributed by atoms with Crippen molar-refractivity contribution < 1.29 is 14.6 Å². The Hall–Kier alpha value is -2.81. The van der Waals surface area contributed by atoms with Crippen LogP contribution in [0.1, 0.15) is 10.4 Å². The maximum atomic E-state index is 11.6. The van der Waals surface area contributed by atoms with Crippen LogP contribution in [0.5, 0.6) is 5.75 Å². The molecule has 0 radical (unpaired) electrons. The zero-order valence-electron chi connectivity index (χ0n) is 11.5. The predicted molar refractivity (Wildman–Crippen MR) is 82.4 cm³/mol. The number of phenolic OH excluding ortho intramolecular Hbond substituents is 1. The Labute approximate surface area is 122 Å². The second kappa shape index (κ2) is 5.29. The SMILES string of the molecule is COC(=O)c1cccc(-c2ccc3ccc(O)cc3c2)c1. The average Bonchev–Trinajstić information content (AvgIpc) is 2.53. The Kier molecular flexibility index (Phi) is 3.32. The average molecular weight is 278 g/mol. The third-order valence-corrected chi connectivity index (χ3v) is 3.44. The van der Waals surface area contributed by atoms with Crippen molar-refractivity contribution in [2.45, 2.75) is 0 Å². The summed E-state index contributed by atoms with van der Waals surface area (Å²) in [5, 5.41) is 11.6. The molecular weight excluding hydrogens is 264 g/mol. The number of hydrogen-bond acceptors (Lipinski definition) is 3. The van der Waals surface area contributed by atoms with Gasteiger partial charge in [0.2, 0.25) is 0 Å². The summed E-state index contributed by atoms with van der Waals surface area (Å²) in [5.41, 5.74) is 2.44. The van der Waals surface area contributed by atoms with Gasteiger partial charge in [-0.1, -0.05) is 30.3 Å². The molecule has 0 aliphatic heterocycles. The molecule has 0 unspecified atom stereocenters. The number of phenols is 1. The van der Waals surface area contributed by atoms with Crippen LogP contribution in [0.2, 0.25) is 0 Å². The number of carbonyl (C=O) groups excluding carboxylic acids is 1. The molecule has 0 saturated carbocycles. The van der Waals surface area contributed by atoms with E-state index in [1.807, 2.05) is 36.4 Å². The van der Waals surface area contributed by atoms with Crippen molar-refractivity contribution in [3.05, 3.63) is 66.2 Å². The van der Waals surface area contributed by atoms with E-state index >= 15 is 0 Å². The van der Waals surface area contributed by atoms with Gasteiger partial charge in [-0.15, -0.1) is 0 Å². The number of esters is 1. The maximum absolute atomic E-state index is 11.6. The molecule has 1 N–H and O–H groups in total. The molecule has 3 aromatic carbocycles. The van der Waals surface area contributed by atoms with Crippen LogP contribution in [-0.2, 0) is 4.74 Å². The fourth-order valence-corrected chi connectivity index (χ4v) is 2.36. The summed E-state index contributed by atoms with van der Waals surface area (Å²) < 4.78 is 4.74. The minimum atomic E-state index is -0.352. The highest BCUT2D eigenvalue weighted by Gasteiger charge is 2.07. The Morgan fingerprint density at radius 3 is 2.48 bits per heavy atom. The molecule has 3 rings (SSSR count). The Morgan fingerprint density at radius 1 is 0.905 bits per heavy atom. The first-order chi connectivity index (χ1) is 10.2. The second-order valence-electron chi connectivity index (χ2n) is 4.82. The summed E-state index contributed by atoms with van der Waals surface area (Å²) in [6, 6.07) is 18.5. The van der Waals surface area contributed by atoms with Gasteiger partial charge in [-0.05, 0) is 52.2 Å². The van der Waals surface area contributed by atoms with E-state index < -0.39 is 0 Å². The minimum Gasteiger partial charge on any atom is -0.508 e. The first-order valence-electron chi connectivity index (χ1n) is 6.59. The van der Waals surface area contributed by atoms with Gasteiger partial charge >= 0.3 is 5.97 Å². The van der Waals surface area contributed by atoms with Crippen LogP contribution in [0.25, 0.3) is 21.9 Å². The summed E-state index contributed by atoms with van der Waals surface area (Å²) in [5.74, 6) is -0.113. The number of methoxy groups -OCH3 is 1. The lowest BCUT2D eigenvalue weighted by Crippen LogP contribution is -2.00. The quantitative estimate of drug-likeness (QED) is 0.721. The first kappa shape index (κ1) is 13.2. The summed E-state index contributed by atoms with van der Waals surface area (Å²) >= 11 is 0. The van der Waals surface area contributed by atoms with E-state index in [4.69, 9.17) is 4.74 Å². The molecule has 3 nitrogen and oxygen atoms in total. The molecule has 0 heterocycles. The lowest BCUT2D eigenvalue weighted by Gasteiger charge is -2.06. The Bertz CT molecular complexity index is 822. The van der Waals surface area contributed by atoms with Gasteiger partial charge < -0.3 is 9.84 Å². The predicted octanol–water partition coefficient (Wildman–Crippen LogP) is 4.00. The molecule has 0 fully saturated rings. The molecular formula is C18H14O3. The van der Waals surface area contributed by atoms with Crippen molar-refractivity contribution in [3.8, 4) is 16.9 Å². The monoisotopic (exact) mass is 278 g/mol. The fraction of sp³-hybridized carbons (Fsp3) is 0.0556. The zero-order valence-corrected chi connectivity index (χ0v) is 11.5. The standard InChI is InChI=1S/C18H14O3/c1-21-18(20)15-4-2-3-13(9-15)14-6-5-12-7-8-17(19)11-16(12)10-14/h2-11,19H,1H3. The normalized spacial score (nSPS) is 10.5. The summed E-state index contributed by atoms with van der Waals surface area (Å²) in [4.78, 5) is 11.6. The first-order valence-corrected chi connectivity index (χ1v) is 6.59. The van der Waals surface area contributed by atoms with Crippen LogP contribution < -0.4 is 0 Å². The highest BCUT2D eigenvalue weighted by atomic mass is 16.5. The number of hydrogen-bond donors (Lipinski definition) is 1. The highest BCUT2D eigenvalue weighted by Crippen LogP contribution is 2.27. The number of benzene rings is 3. The minimum absolute atomic E-state index is 0.239. The van der Waals surface area contributed by atoms with Crippen LogP contribution >= 0.6 is 0 Å². The molecule has 3 heteroatoms. The van der Waals surface area contributed by atoms with E-state index in [1.54, 1.807) is 24.3 Å². The number of aromatic hydroxyl groups is 1. The van der Waals surface area contributed by atoms with Crippen LogP contribution in [-0.4, -0.2) is 18.2 Å². The van der Waals surface area contributed by atoms with Crippen LogP contribution in [0, 0.1) is 0 Å². The van der Waals surface area contributed by atoms with Crippen molar-refractivity contribution in [2.24, 2.45) is 0 Å². The highest BCUT2D eigenvalue weighted by molar-refractivity contribution is 5.92. The van der Waals surface area contributed by atoms with Crippen molar-refractivity contribution >= 4 is 16.7 Å². The third-order valence-electron chi connectivity index (χ3n) is 3.44. The lowest BCUT2D eigenvalue weighted by molar-refractivity contribution is 0.0601. The van der Waals surface area contributed by atoms with Gasteiger partial charge in [-0.25, -0.2) is 4.79 Å². The number of rotatable bonds is 2. The second-order valence-corrected chi connectivity index (χ2v) is 4.82. The zero-order chi connectivity index (χ0) is 14.8. The van der Waals surface area contributed by atoms with Crippen molar-refractivity contribution in [1.29, 1.82) is 0 Å². The molecule has 0 bridgehead atoms. The summed E-state index contributed by atoms with van der Waals surface area (Å²) in [7, 11) is 1.37. The van der Waals surface area contributed by atoms with Gasteiger partial charge in [0.05, 0.1) is 12.7 Å². The number of ether oxygens (including phenoxy) is 1. The van der Waals surface area contributed by atoms with Gasteiger partial charge in [-0.2, -0.15) is 0 Å². The van der Waals surface area contributed by atoms with E-state index in [2.05, 4.69) is 0 Å². The van der Waals surface area contributed by atoms with Crippen LogP contribution in [0.15, 0.2) is 60.7 Å². The van der Waals surface area contributed by atoms with E-state index in [0.29, 0.717) is 5.56 Å². The van der Waals surface area contributed by atoms with Gasteiger partial charge in [0, 0.05) is 0 Å². The Morgan fingerprint density at radius 2 is 1.67 bits per heavy atom. The molecule has 0 aliphatic rings. The van der Waals surface area contributed by atoms with Gasteiger partial charge in [-0.3, -0.25) is 0 Å². The molecule has 0 atom stereocenters. The maximum Gasteiger partial charge on any atom is 0.337 e. The van der Waals surface area contributed by atoms with Gasteiger partial charge in [0.1, 0.15) is 5.75 Å². The topological polar surface area (TPSA) is 46.5 Å². The largest absolute Gasteiger partial charge is 0.508 e. The molecule has 0 aliphatic carbocycles. The molecule has 3 aromatic rings. The number of fused-ring (bicyclic) bond motifs is 1. The molecule has 0 spiro atoms. The molecule has 0 aromatic heterocycles. The van der Waals surface area contributed by atoms with Gasteiger partial charge in [0.15, 0.2) is 0 Å².